The van der Waals surface area contributed by atoms with Crippen LogP contribution in [0.3, 0.4) is 0 Å². The Morgan fingerprint density at radius 3 is 1.68 bits per heavy atom. The Morgan fingerprint density at radius 1 is 0.840 bits per heavy atom. The van der Waals surface area contributed by atoms with Crippen molar-refractivity contribution in [3.8, 4) is 5.75 Å². The van der Waals surface area contributed by atoms with Gasteiger partial charge in [0.05, 0.1) is 6.61 Å². The summed E-state index contributed by atoms with van der Waals surface area (Å²) in [6, 6.07) is 14.3. The summed E-state index contributed by atoms with van der Waals surface area (Å²) in [6.45, 7) is 8.82. The highest BCUT2D eigenvalue weighted by atomic mass is 16.5. The van der Waals surface area contributed by atoms with E-state index in [0.717, 1.165) is 5.56 Å². The van der Waals surface area contributed by atoms with Crippen LogP contribution in [0.4, 0.5) is 11.4 Å². The van der Waals surface area contributed by atoms with Crippen LogP contribution in [-0.4, -0.2) is 18.4 Å². The molecular formula is C20H24N2O3. The minimum absolute atomic E-state index is 0.0353. The highest BCUT2D eigenvalue weighted by Gasteiger charge is 2.16. The Labute approximate surface area is 148 Å². The van der Waals surface area contributed by atoms with Gasteiger partial charge in [0.25, 0.3) is 0 Å². The van der Waals surface area contributed by atoms with Crippen LogP contribution in [0.25, 0.3) is 0 Å². The summed E-state index contributed by atoms with van der Waals surface area (Å²) in [4.78, 5) is 24.0. The molecule has 0 spiro atoms. The number of rotatable bonds is 4. The summed E-state index contributed by atoms with van der Waals surface area (Å²) in [6.07, 6.45) is 0. The maximum atomic E-state index is 12.0. The van der Waals surface area contributed by atoms with E-state index in [-0.39, 0.29) is 5.41 Å². The fourth-order valence-electron chi connectivity index (χ4n) is 2.23. The van der Waals surface area contributed by atoms with E-state index in [4.69, 9.17) is 4.74 Å². The van der Waals surface area contributed by atoms with E-state index in [0.29, 0.717) is 23.7 Å². The Bertz CT molecular complexity index is 729. The van der Waals surface area contributed by atoms with Gasteiger partial charge in [0.1, 0.15) is 5.75 Å². The second-order valence-corrected chi connectivity index (χ2v) is 6.69. The lowest BCUT2D eigenvalue weighted by Gasteiger charge is -2.19. The van der Waals surface area contributed by atoms with Crippen molar-refractivity contribution in [2.24, 2.45) is 0 Å². The van der Waals surface area contributed by atoms with Gasteiger partial charge in [-0.25, -0.2) is 0 Å². The minimum Gasteiger partial charge on any atom is -0.494 e. The van der Waals surface area contributed by atoms with E-state index in [2.05, 4.69) is 31.4 Å². The first-order valence-corrected chi connectivity index (χ1v) is 8.25. The number of hydrogen-bond donors (Lipinski definition) is 2. The monoisotopic (exact) mass is 340 g/mol. The molecule has 2 aromatic rings. The molecule has 25 heavy (non-hydrogen) atoms. The van der Waals surface area contributed by atoms with Gasteiger partial charge in [-0.05, 0) is 54.3 Å². The molecule has 0 aliphatic rings. The number of ether oxygens (including phenoxy) is 1. The van der Waals surface area contributed by atoms with Crippen molar-refractivity contribution >= 4 is 23.2 Å². The zero-order valence-electron chi connectivity index (χ0n) is 15.1. The van der Waals surface area contributed by atoms with Gasteiger partial charge in [0.15, 0.2) is 0 Å². The maximum absolute atomic E-state index is 12.0. The van der Waals surface area contributed by atoms with Crippen LogP contribution in [0.15, 0.2) is 48.5 Å². The molecule has 2 amide bonds. The van der Waals surface area contributed by atoms with Crippen LogP contribution < -0.4 is 15.4 Å². The van der Waals surface area contributed by atoms with E-state index in [1.54, 1.807) is 36.4 Å². The van der Waals surface area contributed by atoms with Gasteiger partial charge in [-0.3, -0.25) is 9.59 Å². The van der Waals surface area contributed by atoms with Crippen LogP contribution in [-0.2, 0) is 15.0 Å². The summed E-state index contributed by atoms with van der Waals surface area (Å²) in [5.41, 5.74) is 2.31. The fourth-order valence-corrected chi connectivity index (χ4v) is 2.23. The van der Waals surface area contributed by atoms with Crippen LogP contribution in [0.5, 0.6) is 5.75 Å². The maximum Gasteiger partial charge on any atom is 0.314 e. The van der Waals surface area contributed by atoms with Crippen molar-refractivity contribution in [2.45, 2.75) is 33.1 Å². The predicted molar refractivity (Wildman–Crippen MR) is 100 cm³/mol. The van der Waals surface area contributed by atoms with Gasteiger partial charge in [-0.1, -0.05) is 32.9 Å². The molecule has 132 valence electrons. The largest absolute Gasteiger partial charge is 0.494 e. The van der Waals surface area contributed by atoms with E-state index in [1.807, 2.05) is 19.1 Å². The molecule has 5 nitrogen and oxygen atoms in total. The number of nitrogens with one attached hydrogen (secondary N) is 2. The van der Waals surface area contributed by atoms with Crippen molar-refractivity contribution < 1.29 is 14.3 Å². The summed E-state index contributed by atoms with van der Waals surface area (Å²) in [5.74, 6) is -0.717. The first kappa shape index (κ1) is 18.5. The summed E-state index contributed by atoms with van der Waals surface area (Å²) in [7, 11) is 0. The summed E-state index contributed by atoms with van der Waals surface area (Å²) >= 11 is 0. The summed E-state index contributed by atoms with van der Waals surface area (Å²) < 4.78 is 5.33. The Kier molecular flexibility index (Phi) is 5.80. The van der Waals surface area contributed by atoms with Gasteiger partial charge >= 0.3 is 11.8 Å². The molecule has 0 fully saturated rings. The van der Waals surface area contributed by atoms with Gasteiger partial charge < -0.3 is 15.4 Å². The second kappa shape index (κ2) is 7.83. The second-order valence-electron chi connectivity index (χ2n) is 6.69. The van der Waals surface area contributed by atoms with Crippen LogP contribution in [0.1, 0.15) is 33.3 Å². The van der Waals surface area contributed by atoms with Crippen molar-refractivity contribution in [3.63, 3.8) is 0 Å². The van der Waals surface area contributed by atoms with Crippen molar-refractivity contribution in [1.82, 2.24) is 0 Å². The average Bonchev–Trinajstić information content (AvgIpc) is 2.56. The van der Waals surface area contributed by atoms with Gasteiger partial charge in [-0.2, -0.15) is 0 Å². The molecule has 5 heteroatoms. The van der Waals surface area contributed by atoms with Crippen LogP contribution in [0, 0.1) is 0 Å². The number of hydrogen-bond acceptors (Lipinski definition) is 3. The van der Waals surface area contributed by atoms with E-state index in [1.165, 1.54) is 0 Å². The SMILES string of the molecule is CCOc1ccc(NC(=O)C(=O)Nc2ccc(C(C)(C)C)cc2)cc1. The topological polar surface area (TPSA) is 67.4 Å². The summed E-state index contributed by atoms with van der Waals surface area (Å²) in [5, 5.41) is 5.16. The standard InChI is InChI=1S/C20H24N2O3/c1-5-25-17-12-10-16(11-13-17)22-19(24)18(23)21-15-8-6-14(7-9-15)20(2,3)4/h6-13H,5H2,1-4H3,(H,21,23)(H,22,24). The first-order valence-electron chi connectivity index (χ1n) is 8.25. The molecule has 0 saturated heterocycles. The number of carbonyl (C=O) groups is 2. The van der Waals surface area contributed by atoms with E-state index < -0.39 is 11.8 Å². The third-order valence-electron chi connectivity index (χ3n) is 3.64. The number of benzene rings is 2. The lowest BCUT2D eigenvalue weighted by Crippen LogP contribution is -2.29. The fraction of sp³-hybridized carbons (Fsp3) is 0.300. The normalized spacial score (nSPS) is 10.9. The van der Waals surface area contributed by atoms with Crippen LogP contribution in [0.2, 0.25) is 0 Å². The van der Waals surface area contributed by atoms with Crippen molar-refractivity contribution in [1.29, 1.82) is 0 Å². The minimum atomic E-state index is -0.718. The first-order chi connectivity index (χ1) is 11.8. The van der Waals surface area contributed by atoms with E-state index >= 15 is 0 Å². The molecule has 0 radical (unpaired) electrons. The lowest BCUT2D eigenvalue weighted by molar-refractivity contribution is -0.132. The smallest absolute Gasteiger partial charge is 0.314 e. The number of carbonyl (C=O) groups excluding carboxylic acids is 2. The van der Waals surface area contributed by atoms with Gasteiger partial charge in [0.2, 0.25) is 0 Å². The molecular weight excluding hydrogens is 316 g/mol. The van der Waals surface area contributed by atoms with Gasteiger partial charge in [0, 0.05) is 11.4 Å². The number of amides is 2. The third kappa shape index (κ3) is 5.35. The average molecular weight is 340 g/mol. The Hall–Kier alpha value is -2.82. The van der Waals surface area contributed by atoms with Crippen molar-refractivity contribution in [3.05, 3.63) is 54.1 Å². The highest BCUT2D eigenvalue weighted by Crippen LogP contribution is 2.23. The van der Waals surface area contributed by atoms with E-state index in [9.17, 15) is 9.59 Å². The molecule has 0 bridgehead atoms. The third-order valence-corrected chi connectivity index (χ3v) is 3.64. The highest BCUT2D eigenvalue weighted by molar-refractivity contribution is 6.43. The molecule has 0 atom stereocenters. The lowest BCUT2D eigenvalue weighted by atomic mass is 9.87. The molecule has 0 aromatic heterocycles. The van der Waals surface area contributed by atoms with Crippen LogP contribution >= 0.6 is 0 Å². The molecule has 0 saturated carbocycles. The molecule has 2 rings (SSSR count). The molecule has 0 heterocycles. The zero-order chi connectivity index (χ0) is 18.4. The molecule has 0 aliphatic heterocycles. The quantitative estimate of drug-likeness (QED) is 0.828. The molecule has 2 aromatic carbocycles. The predicted octanol–water partition coefficient (Wildman–Crippen LogP) is 3.96. The van der Waals surface area contributed by atoms with Crippen molar-refractivity contribution in [2.75, 3.05) is 17.2 Å². The molecule has 0 aliphatic carbocycles. The van der Waals surface area contributed by atoms with Gasteiger partial charge in [-0.15, -0.1) is 0 Å². The molecule has 2 N–H and O–H groups in total. The molecule has 0 unspecified atom stereocenters. The number of anilines is 2. The Balaban J connectivity index is 1.94. The zero-order valence-corrected chi connectivity index (χ0v) is 15.1. The Morgan fingerprint density at radius 2 is 1.28 bits per heavy atom.